The van der Waals surface area contributed by atoms with E-state index in [9.17, 15) is 10.1 Å². The fraction of sp³-hybridized carbons (Fsp3) is 0.436. The van der Waals surface area contributed by atoms with Gasteiger partial charge >= 0.3 is 12.1 Å². The van der Waals surface area contributed by atoms with Crippen molar-refractivity contribution < 1.29 is 19.0 Å². The smallest absolute Gasteiger partial charge is 0.410 e. The average Bonchev–Trinajstić information content (AvgIpc) is 3.06. The van der Waals surface area contributed by atoms with E-state index in [4.69, 9.17) is 24.2 Å². The number of carbonyl (C=O) groups excluding carboxylic acids is 1. The maximum atomic E-state index is 13.1. The van der Waals surface area contributed by atoms with Gasteiger partial charge in [0.1, 0.15) is 29.0 Å². The van der Waals surface area contributed by atoms with Crippen molar-refractivity contribution in [1.82, 2.24) is 19.8 Å². The monoisotopic (exact) mass is 677 g/mol. The number of nitrogens with zero attached hydrogens (tertiary/aromatic N) is 7. The molecular formula is C39H47N7O4. The predicted molar refractivity (Wildman–Crippen MR) is 195 cm³/mol. The van der Waals surface area contributed by atoms with Crippen molar-refractivity contribution in [3.8, 4) is 23.6 Å². The van der Waals surface area contributed by atoms with Gasteiger partial charge < -0.3 is 33.8 Å². The molecule has 11 heteroatoms. The SMILES string of the molecule is C[C@H](CN(C)C)Oc1nc2c(c(N3CCN(C(=O)OC(C)(C)C)C(CC#N)C3)n1)CCN(c1cc(Oc3ccccc3)cc3ccccc13)C2. The molecule has 2 aliphatic heterocycles. The molecule has 3 heterocycles. The number of fused-ring (bicyclic) bond motifs is 2. The van der Waals surface area contributed by atoms with Crippen molar-refractivity contribution >= 4 is 28.4 Å². The first-order valence-corrected chi connectivity index (χ1v) is 17.3. The number of likely N-dealkylation sites (N-methyl/N-ethyl adjacent to an activating group) is 1. The highest BCUT2D eigenvalue weighted by Crippen LogP contribution is 2.38. The topological polar surface area (TPSA) is 107 Å². The van der Waals surface area contributed by atoms with E-state index in [0.717, 1.165) is 51.6 Å². The Morgan fingerprint density at radius 3 is 2.50 bits per heavy atom. The van der Waals surface area contributed by atoms with Crippen LogP contribution in [0.2, 0.25) is 0 Å². The molecule has 6 rings (SSSR count). The van der Waals surface area contributed by atoms with Crippen LogP contribution in [0.1, 0.15) is 45.4 Å². The second-order valence-electron chi connectivity index (χ2n) is 14.3. The van der Waals surface area contributed by atoms with Gasteiger partial charge in [0.15, 0.2) is 0 Å². The first-order chi connectivity index (χ1) is 24.0. The molecule has 2 atom stereocenters. The third kappa shape index (κ3) is 8.20. The number of carbonyl (C=O) groups is 1. The number of amides is 1. The Bertz CT molecular complexity index is 1850. The zero-order valence-corrected chi connectivity index (χ0v) is 29.9. The summed E-state index contributed by atoms with van der Waals surface area (Å²) in [6.45, 7) is 11.0. The summed E-state index contributed by atoms with van der Waals surface area (Å²) >= 11 is 0. The maximum Gasteiger partial charge on any atom is 0.410 e. The minimum Gasteiger partial charge on any atom is -0.459 e. The fourth-order valence-corrected chi connectivity index (χ4v) is 6.74. The van der Waals surface area contributed by atoms with Crippen LogP contribution in [0.5, 0.6) is 17.5 Å². The van der Waals surface area contributed by atoms with Crippen molar-refractivity contribution in [1.29, 1.82) is 5.26 Å². The minimum absolute atomic E-state index is 0.137. The van der Waals surface area contributed by atoms with Crippen molar-refractivity contribution in [2.24, 2.45) is 0 Å². The van der Waals surface area contributed by atoms with Crippen LogP contribution in [-0.2, 0) is 17.7 Å². The Morgan fingerprint density at radius 2 is 1.76 bits per heavy atom. The number of aromatic nitrogens is 2. The molecule has 0 radical (unpaired) electrons. The Kier molecular flexibility index (Phi) is 10.3. The Hall–Kier alpha value is -5.08. The van der Waals surface area contributed by atoms with Gasteiger partial charge in [0, 0.05) is 55.4 Å². The molecule has 262 valence electrons. The van der Waals surface area contributed by atoms with Gasteiger partial charge in [-0.05, 0) is 71.8 Å². The standard InChI is InChI=1S/C39H47N7O4/c1-27(24-43(5)6)48-37-41-34-26-44(35-23-31(49-30-13-8-7-9-14-30)22-28-12-10-11-15-32(28)35)19-17-33(34)36(42-37)45-20-21-46(29(25-45)16-18-40)38(47)50-39(2,3)4/h7-15,22-23,27,29H,16-17,19-21,24-26H2,1-6H3/t27-,29?/m1/s1. The lowest BCUT2D eigenvalue weighted by Gasteiger charge is -2.42. The summed E-state index contributed by atoms with van der Waals surface area (Å²) in [6, 6.07) is 24.6. The van der Waals surface area contributed by atoms with Gasteiger partial charge in [0.2, 0.25) is 0 Å². The van der Waals surface area contributed by atoms with Crippen molar-refractivity contribution in [2.45, 2.75) is 64.8 Å². The second kappa shape index (κ2) is 14.8. The van der Waals surface area contributed by atoms with E-state index in [0.29, 0.717) is 45.2 Å². The quantitative estimate of drug-likeness (QED) is 0.191. The first kappa shape index (κ1) is 34.8. The number of ether oxygens (including phenoxy) is 3. The van der Waals surface area contributed by atoms with Crippen LogP contribution in [0.3, 0.4) is 0 Å². The van der Waals surface area contributed by atoms with Crippen LogP contribution in [-0.4, -0.2) is 90.4 Å². The van der Waals surface area contributed by atoms with Gasteiger partial charge in [0.05, 0.1) is 30.8 Å². The van der Waals surface area contributed by atoms with Crippen molar-refractivity contribution in [3.05, 3.63) is 78.0 Å². The van der Waals surface area contributed by atoms with Crippen molar-refractivity contribution in [2.75, 3.05) is 56.6 Å². The van der Waals surface area contributed by atoms with E-state index in [1.807, 2.05) is 78.2 Å². The van der Waals surface area contributed by atoms with Gasteiger partial charge in [-0.25, -0.2) is 4.79 Å². The van der Waals surface area contributed by atoms with E-state index < -0.39 is 11.7 Å². The highest BCUT2D eigenvalue weighted by molar-refractivity contribution is 5.96. The van der Waals surface area contributed by atoms with E-state index in [1.54, 1.807) is 4.90 Å². The van der Waals surface area contributed by atoms with E-state index >= 15 is 0 Å². The molecule has 1 saturated heterocycles. The van der Waals surface area contributed by atoms with Crippen LogP contribution >= 0.6 is 0 Å². The Morgan fingerprint density at radius 1 is 1.00 bits per heavy atom. The number of nitriles is 1. The highest BCUT2D eigenvalue weighted by Gasteiger charge is 2.36. The maximum absolute atomic E-state index is 13.1. The van der Waals surface area contributed by atoms with Gasteiger partial charge in [0.25, 0.3) is 0 Å². The third-order valence-corrected chi connectivity index (χ3v) is 8.82. The average molecular weight is 678 g/mol. The first-order valence-electron chi connectivity index (χ1n) is 17.3. The van der Waals surface area contributed by atoms with Gasteiger partial charge in [-0.1, -0.05) is 42.5 Å². The number of hydrogen-bond acceptors (Lipinski definition) is 10. The number of benzene rings is 3. The van der Waals surface area contributed by atoms with E-state index in [2.05, 4.69) is 51.1 Å². The van der Waals surface area contributed by atoms with E-state index in [-0.39, 0.29) is 18.6 Å². The van der Waals surface area contributed by atoms with Gasteiger partial charge in [-0.3, -0.25) is 0 Å². The molecule has 2 aliphatic rings. The molecule has 1 unspecified atom stereocenters. The van der Waals surface area contributed by atoms with Crippen LogP contribution in [0.25, 0.3) is 10.8 Å². The Labute approximate surface area is 295 Å². The van der Waals surface area contributed by atoms with Crippen LogP contribution < -0.4 is 19.3 Å². The number of anilines is 2. The zero-order chi connectivity index (χ0) is 35.4. The highest BCUT2D eigenvalue weighted by atomic mass is 16.6. The zero-order valence-electron chi connectivity index (χ0n) is 29.9. The lowest BCUT2D eigenvalue weighted by molar-refractivity contribution is 0.0144. The number of para-hydroxylation sites is 1. The summed E-state index contributed by atoms with van der Waals surface area (Å²) in [5.41, 5.74) is 2.41. The molecule has 1 aromatic heterocycles. The molecular weight excluding hydrogens is 630 g/mol. The molecule has 0 spiro atoms. The Balaban J connectivity index is 1.34. The van der Waals surface area contributed by atoms with Gasteiger partial charge in [-0.2, -0.15) is 15.2 Å². The summed E-state index contributed by atoms with van der Waals surface area (Å²) in [5, 5.41) is 12.0. The molecule has 0 bridgehead atoms. The summed E-state index contributed by atoms with van der Waals surface area (Å²) in [5.74, 6) is 2.36. The molecule has 3 aromatic carbocycles. The molecule has 1 amide bonds. The second-order valence-corrected chi connectivity index (χ2v) is 14.3. The number of piperazine rings is 1. The van der Waals surface area contributed by atoms with E-state index in [1.165, 1.54) is 0 Å². The molecule has 50 heavy (non-hydrogen) atoms. The summed E-state index contributed by atoms with van der Waals surface area (Å²) in [4.78, 5) is 31.5. The molecule has 4 aromatic rings. The summed E-state index contributed by atoms with van der Waals surface area (Å²) < 4.78 is 18.4. The molecule has 0 N–H and O–H groups in total. The third-order valence-electron chi connectivity index (χ3n) is 8.82. The largest absolute Gasteiger partial charge is 0.459 e. The lowest BCUT2D eigenvalue weighted by atomic mass is 10.0. The summed E-state index contributed by atoms with van der Waals surface area (Å²) in [6.07, 6.45) is 0.367. The number of rotatable bonds is 9. The minimum atomic E-state index is -0.628. The van der Waals surface area contributed by atoms with Crippen LogP contribution in [0, 0.1) is 11.3 Å². The molecule has 0 aliphatic carbocycles. The normalized spacial score (nSPS) is 16.9. The van der Waals surface area contributed by atoms with Crippen LogP contribution in [0.15, 0.2) is 66.7 Å². The lowest BCUT2D eigenvalue weighted by Crippen LogP contribution is -2.56. The number of hydrogen-bond donors (Lipinski definition) is 0. The summed E-state index contributed by atoms with van der Waals surface area (Å²) in [7, 11) is 4.02. The van der Waals surface area contributed by atoms with Crippen molar-refractivity contribution in [3.63, 3.8) is 0 Å². The fourth-order valence-electron chi connectivity index (χ4n) is 6.74. The van der Waals surface area contributed by atoms with Crippen LogP contribution in [0.4, 0.5) is 16.3 Å². The molecule has 0 saturated carbocycles. The molecule has 11 nitrogen and oxygen atoms in total. The predicted octanol–water partition coefficient (Wildman–Crippen LogP) is 6.65. The van der Waals surface area contributed by atoms with Gasteiger partial charge in [-0.15, -0.1) is 0 Å². The molecule has 1 fully saturated rings.